The van der Waals surface area contributed by atoms with Gasteiger partial charge in [-0.25, -0.2) is 4.39 Å². The molecule has 0 bridgehead atoms. The molecule has 84 valence electrons. The molecular formula is C12H13FN2S. The smallest absolute Gasteiger partial charge is 0.123 e. The van der Waals surface area contributed by atoms with E-state index in [9.17, 15) is 4.39 Å². The monoisotopic (exact) mass is 236 g/mol. The van der Waals surface area contributed by atoms with E-state index in [1.807, 2.05) is 11.4 Å². The summed E-state index contributed by atoms with van der Waals surface area (Å²) in [6.45, 7) is 1.47. The summed E-state index contributed by atoms with van der Waals surface area (Å²) in [5, 5.41) is 5.25. The molecule has 0 unspecified atom stereocenters. The van der Waals surface area contributed by atoms with Crippen LogP contribution in [0.4, 0.5) is 10.1 Å². The number of nitrogens with two attached hydrogens (primary N) is 1. The Morgan fingerprint density at radius 1 is 1.12 bits per heavy atom. The van der Waals surface area contributed by atoms with Crippen LogP contribution in [-0.2, 0) is 13.1 Å². The van der Waals surface area contributed by atoms with Crippen LogP contribution in [0.15, 0.2) is 35.7 Å². The van der Waals surface area contributed by atoms with Crippen LogP contribution in [0.3, 0.4) is 0 Å². The minimum absolute atomic E-state index is 0.203. The van der Waals surface area contributed by atoms with Crippen LogP contribution in [0.25, 0.3) is 0 Å². The van der Waals surface area contributed by atoms with E-state index in [2.05, 4.69) is 5.32 Å². The van der Waals surface area contributed by atoms with Crippen molar-refractivity contribution in [3.05, 3.63) is 52.0 Å². The number of hydrogen-bond donors (Lipinski definition) is 2. The normalized spacial score (nSPS) is 10.6. The molecule has 0 saturated heterocycles. The third-order valence-electron chi connectivity index (χ3n) is 2.31. The van der Waals surface area contributed by atoms with Crippen LogP contribution in [0.2, 0.25) is 0 Å². The van der Waals surface area contributed by atoms with Crippen LogP contribution in [0.1, 0.15) is 10.4 Å². The van der Waals surface area contributed by atoms with Crippen LogP contribution < -0.4 is 11.1 Å². The number of halogens is 1. The minimum Gasteiger partial charge on any atom is -0.398 e. The van der Waals surface area contributed by atoms with E-state index >= 15 is 0 Å². The summed E-state index contributed by atoms with van der Waals surface area (Å²) in [5.74, 6) is -0.203. The largest absolute Gasteiger partial charge is 0.398 e. The standard InChI is InChI=1S/C12H13FN2S/c13-10-3-1-9(2-4-10)7-15-8-12-11(14)5-6-16-12/h1-6,15H,7-8,14H2. The lowest BCUT2D eigenvalue weighted by atomic mass is 10.2. The Morgan fingerprint density at radius 2 is 1.88 bits per heavy atom. The van der Waals surface area contributed by atoms with Crippen molar-refractivity contribution >= 4 is 17.0 Å². The average Bonchev–Trinajstić information content (AvgIpc) is 2.68. The number of nitrogens with one attached hydrogen (secondary N) is 1. The Morgan fingerprint density at radius 3 is 2.50 bits per heavy atom. The highest BCUT2D eigenvalue weighted by Crippen LogP contribution is 2.18. The van der Waals surface area contributed by atoms with Crippen molar-refractivity contribution < 1.29 is 4.39 Å². The molecule has 0 fully saturated rings. The van der Waals surface area contributed by atoms with E-state index < -0.39 is 0 Å². The Bertz CT molecular complexity index is 450. The molecule has 0 aliphatic carbocycles. The number of thiophene rings is 1. The molecule has 4 heteroatoms. The van der Waals surface area contributed by atoms with Crippen LogP contribution in [0.5, 0.6) is 0 Å². The van der Waals surface area contributed by atoms with Gasteiger partial charge in [0.2, 0.25) is 0 Å². The van der Waals surface area contributed by atoms with Crippen LogP contribution >= 0.6 is 11.3 Å². The van der Waals surface area contributed by atoms with E-state index in [1.54, 1.807) is 23.5 Å². The summed E-state index contributed by atoms with van der Waals surface area (Å²) in [5.41, 5.74) is 7.66. The molecule has 0 amide bonds. The van der Waals surface area contributed by atoms with Crippen LogP contribution in [-0.4, -0.2) is 0 Å². The maximum absolute atomic E-state index is 12.6. The number of nitrogen functional groups attached to an aromatic ring is 1. The molecule has 0 spiro atoms. The molecule has 2 rings (SSSR count). The zero-order chi connectivity index (χ0) is 11.4. The van der Waals surface area contributed by atoms with Gasteiger partial charge in [-0.1, -0.05) is 12.1 Å². The summed E-state index contributed by atoms with van der Waals surface area (Å²) in [6.07, 6.45) is 0. The van der Waals surface area contributed by atoms with Gasteiger partial charge in [0.05, 0.1) is 0 Å². The summed E-state index contributed by atoms with van der Waals surface area (Å²) in [4.78, 5) is 1.14. The fourth-order valence-electron chi connectivity index (χ4n) is 1.42. The van der Waals surface area contributed by atoms with Crippen molar-refractivity contribution in [2.24, 2.45) is 0 Å². The lowest BCUT2D eigenvalue weighted by Gasteiger charge is -2.04. The predicted molar refractivity (Wildman–Crippen MR) is 65.7 cm³/mol. The summed E-state index contributed by atoms with van der Waals surface area (Å²) in [7, 11) is 0. The first-order chi connectivity index (χ1) is 7.75. The molecular weight excluding hydrogens is 223 g/mol. The van der Waals surface area contributed by atoms with Crippen molar-refractivity contribution in [2.45, 2.75) is 13.1 Å². The molecule has 2 aromatic rings. The second-order valence-electron chi connectivity index (χ2n) is 3.53. The lowest BCUT2D eigenvalue weighted by Crippen LogP contribution is -2.12. The molecule has 1 aromatic heterocycles. The molecule has 2 nitrogen and oxygen atoms in total. The first-order valence-corrected chi connectivity index (χ1v) is 5.90. The third-order valence-corrected chi connectivity index (χ3v) is 3.24. The third kappa shape index (κ3) is 2.81. The number of anilines is 1. The maximum atomic E-state index is 12.6. The van der Waals surface area contributed by atoms with Gasteiger partial charge in [-0.2, -0.15) is 0 Å². The van der Waals surface area contributed by atoms with Crippen molar-refractivity contribution in [2.75, 3.05) is 5.73 Å². The van der Waals surface area contributed by atoms with Crippen molar-refractivity contribution in [3.63, 3.8) is 0 Å². The molecule has 0 atom stereocenters. The van der Waals surface area contributed by atoms with Crippen LogP contribution in [0, 0.1) is 5.82 Å². The summed E-state index contributed by atoms with van der Waals surface area (Å²) >= 11 is 1.64. The summed E-state index contributed by atoms with van der Waals surface area (Å²) < 4.78 is 12.6. The molecule has 0 aliphatic rings. The fourth-order valence-corrected chi connectivity index (χ4v) is 2.19. The second-order valence-corrected chi connectivity index (χ2v) is 4.53. The quantitative estimate of drug-likeness (QED) is 0.856. The molecule has 1 aromatic carbocycles. The highest BCUT2D eigenvalue weighted by atomic mass is 32.1. The molecule has 1 heterocycles. The van der Waals surface area contributed by atoms with Gasteiger partial charge in [0, 0.05) is 23.7 Å². The van der Waals surface area contributed by atoms with E-state index in [1.165, 1.54) is 12.1 Å². The lowest BCUT2D eigenvalue weighted by molar-refractivity contribution is 0.625. The van der Waals surface area contributed by atoms with Gasteiger partial charge < -0.3 is 11.1 Å². The Hall–Kier alpha value is -1.39. The van der Waals surface area contributed by atoms with Crippen molar-refractivity contribution in [1.82, 2.24) is 5.32 Å². The number of benzene rings is 1. The van der Waals surface area contributed by atoms with Crippen molar-refractivity contribution in [1.29, 1.82) is 0 Å². The second kappa shape index (κ2) is 5.09. The van der Waals surface area contributed by atoms with Gasteiger partial charge in [-0.15, -0.1) is 11.3 Å². The number of hydrogen-bond acceptors (Lipinski definition) is 3. The Labute approximate surface area is 97.9 Å². The Kier molecular flexibility index (Phi) is 3.54. The van der Waals surface area contributed by atoms with Gasteiger partial charge in [-0.3, -0.25) is 0 Å². The van der Waals surface area contributed by atoms with Gasteiger partial charge in [0.15, 0.2) is 0 Å². The topological polar surface area (TPSA) is 38.0 Å². The fraction of sp³-hybridized carbons (Fsp3) is 0.167. The molecule has 3 N–H and O–H groups in total. The zero-order valence-electron chi connectivity index (χ0n) is 8.74. The van der Waals surface area contributed by atoms with Gasteiger partial charge in [0.1, 0.15) is 5.82 Å². The predicted octanol–water partition coefficient (Wildman–Crippen LogP) is 2.76. The molecule has 0 aliphatic heterocycles. The average molecular weight is 236 g/mol. The van der Waals surface area contributed by atoms with E-state index in [4.69, 9.17) is 5.73 Å². The Balaban J connectivity index is 1.84. The molecule has 16 heavy (non-hydrogen) atoms. The highest BCUT2D eigenvalue weighted by Gasteiger charge is 1.99. The maximum Gasteiger partial charge on any atom is 0.123 e. The van der Waals surface area contributed by atoms with E-state index in [-0.39, 0.29) is 5.82 Å². The molecule has 0 saturated carbocycles. The summed E-state index contributed by atoms with van der Waals surface area (Å²) in [6, 6.07) is 8.40. The molecule has 0 radical (unpaired) electrons. The van der Waals surface area contributed by atoms with Crippen molar-refractivity contribution in [3.8, 4) is 0 Å². The SMILES string of the molecule is Nc1ccsc1CNCc1ccc(F)cc1. The number of rotatable bonds is 4. The van der Waals surface area contributed by atoms with Gasteiger partial charge in [0.25, 0.3) is 0 Å². The minimum atomic E-state index is -0.203. The first-order valence-electron chi connectivity index (χ1n) is 5.03. The first kappa shape index (κ1) is 11.1. The van der Waals surface area contributed by atoms with Gasteiger partial charge in [-0.05, 0) is 29.1 Å². The zero-order valence-corrected chi connectivity index (χ0v) is 9.56. The van der Waals surface area contributed by atoms with Gasteiger partial charge >= 0.3 is 0 Å². The van der Waals surface area contributed by atoms with E-state index in [0.717, 1.165) is 29.2 Å². The highest BCUT2D eigenvalue weighted by molar-refractivity contribution is 7.10. The van der Waals surface area contributed by atoms with E-state index in [0.29, 0.717) is 0 Å².